The van der Waals surface area contributed by atoms with Gasteiger partial charge >= 0.3 is 6.18 Å². The molecule has 0 fully saturated rings. The molecule has 0 aliphatic carbocycles. The molecule has 3 rings (SSSR count). The Morgan fingerprint density at radius 3 is 2.38 bits per heavy atom. The zero-order valence-corrected chi connectivity index (χ0v) is 17.1. The lowest BCUT2D eigenvalue weighted by molar-refractivity contribution is -0.114. The topological polar surface area (TPSA) is 109 Å². The summed E-state index contributed by atoms with van der Waals surface area (Å²) in [5, 5.41) is 18.9. The zero-order valence-electron chi connectivity index (χ0n) is 15.6. The summed E-state index contributed by atoms with van der Waals surface area (Å²) < 4.78 is 54.4. The highest BCUT2D eigenvalue weighted by Gasteiger charge is 2.38. The Kier molecular flexibility index (Phi) is 6.75. The smallest absolute Gasteiger partial charge is 0.350 e. The van der Waals surface area contributed by atoms with Gasteiger partial charge in [0, 0.05) is 6.21 Å². The van der Waals surface area contributed by atoms with Crippen molar-refractivity contribution in [1.82, 2.24) is 20.0 Å². The molecule has 3 aromatic rings. The van der Waals surface area contributed by atoms with Gasteiger partial charge in [0.25, 0.3) is 5.91 Å². The van der Waals surface area contributed by atoms with Crippen LogP contribution in [0.15, 0.2) is 54.1 Å². The third-order valence-electron chi connectivity index (χ3n) is 3.82. The maximum atomic E-state index is 13.7. The van der Waals surface area contributed by atoms with Gasteiger partial charge in [-0.25, -0.2) is 9.37 Å². The van der Waals surface area contributed by atoms with Gasteiger partial charge < -0.3 is 16.0 Å². The second kappa shape index (κ2) is 9.32. The van der Waals surface area contributed by atoms with Gasteiger partial charge in [-0.05, 0) is 24.3 Å². The molecular formula is C18H11Cl2F4N7O. The van der Waals surface area contributed by atoms with E-state index >= 15 is 0 Å². The molecule has 0 unspecified atom stereocenters. The van der Waals surface area contributed by atoms with Crippen LogP contribution in [0.4, 0.5) is 28.9 Å². The molecule has 0 aliphatic rings. The number of alkyl halides is 3. The summed E-state index contributed by atoms with van der Waals surface area (Å²) in [6, 6.07) is 3.94. The van der Waals surface area contributed by atoms with E-state index in [9.17, 15) is 22.4 Å². The standard InChI is InChI=1S/C18H11Cl2F4N7O/c19-12-2-1-9(21)5-14(12)30-15(18(22,23)24)11(7-25)17(32)29-10-6-13(20)16(26-8-10)31-27-3-4-28-31/h1-8,25,30H,(H,29,32)/b15-11+,25-7?. The first-order valence-corrected chi connectivity index (χ1v) is 9.23. The molecule has 0 spiro atoms. The number of nitrogens with one attached hydrogen (secondary N) is 3. The van der Waals surface area contributed by atoms with E-state index in [1.54, 1.807) is 0 Å². The minimum absolute atomic E-state index is 0.0000880. The molecule has 1 aromatic carbocycles. The molecule has 0 saturated carbocycles. The van der Waals surface area contributed by atoms with Crippen LogP contribution in [0.3, 0.4) is 0 Å². The lowest BCUT2D eigenvalue weighted by Crippen LogP contribution is -2.27. The second-order valence-electron chi connectivity index (χ2n) is 5.98. The van der Waals surface area contributed by atoms with E-state index in [0.29, 0.717) is 0 Å². The zero-order chi connectivity index (χ0) is 23.5. The van der Waals surface area contributed by atoms with Crippen LogP contribution in [0.5, 0.6) is 0 Å². The number of pyridine rings is 1. The number of halogens is 6. The molecule has 0 aliphatic heterocycles. The van der Waals surface area contributed by atoms with Crippen molar-refractivity contribution in [1.29, 1.82) is 5.41 Å². The highest BCUT2D eigenvalue weighted by atomic mass is 35.5. The van der Waals surface area contributed by atoms with Gasteiger partial charge in [0.15, 0.2) is 5.82 Å². The molecule has 0 atom stereocenters. The highest BCUT2D eigenvalue weighted by Crippen LogP contribution is 2.33. The van der Waals surface area contributed by atoms with E-state index in [1.807, 2.05) is 5.32 Å². The molecule has 0 bridgehead atoms. The Bertz CT molecular complexity index is 1200. The minimum atomic E-state index is -5.11. The summed E-state index contributed by atoms with van der Waals surface area (Å²) in [5.74, 6) is -2.03. The Balaban J connectivity index is 1.94. The van der Waals surface area contributed by atoms with Gasteiger partial charge in [-0.1, -0.05) is 23.2 Å². The van der Waals surface area contributed by atoms with Gasteiger partial charge in [0.05, 0.1) is 45.6 Å². The van der Waals surface area contributed by atoms with E-state index < -0.39 is 34.9 Å². The summed E-state index contributed by atoms with van der Waals surface area (Å²) in [5.41, 5.74) is -3.20. The monoisotopic (exact) mass is 487 g/mol. The fourth-order valence-corrected chi connectivity index (χ4v) is 2.85. The first-order valence-electron chi connectivity index (χ1n) is 8.47. The molecule has 3 N–H and O–H groups in total. The van der Waals surface area contributed by atoms with Gasteiger partial charge in [0.1, 0.15) is 11.5 Å². The van der Waals surface area contributed by atoms with E-state index in [4.69, 9.17) is 28.6 Å². The van der Waals surface area contributed by atoms with Crippen molar-refractivity contribution in [2.45, 2.75) is 6.18 Å². The Morgan fingerprint density at radius 2 is 1.78 bits per heavy atom. The number of benzene rings is 1. The van der Waals surface area contributed by atoms with E-state index in [2.05, 4.69) is 20.5 Å². The average molecular weight is 488 g/mol. The van der Waals surface area contributed by atoms with Crippen LogP contribution in [0.25, 0.3) is 5.82 Å². The summed E-state index contributed by atoms with van der Waals surface area (Å²) >= 11 is 11.9. The van der Waals surface area contributed by atoms with Crippen LogP contribution in [-0.4, -0.2) is 38.3 Å². The Morgan fingerprint density at radius 1 is 1.09 bits per heavy atom. The number of anilines is 2. The number of carbonyl (C=O) groups excluding carboxylic acids is 1. The van der Waals surface area contributed by atoms with Gasteiger partial charge in [-0.3, -0.25) is 4.79 Å². The first kappa shape index (κ1) is 23.2. The number of amides is 1. The van der Waals surface area contributed by atoms with Crippen LogP contribution in [0.2, 0.25) is 10.0 Å². The lowest BCUT2D eigenvalue weighted by atomic mass is 10.1. The van der Waals surface area contributed by atoms with Crippen LogP contribution in [0, 0.1) is 11.2 Å². The molecule has 2 aromatic heterocycles. The van der Waals surface area contributed by atoms with Crippen molar-refractivity contribution in [2.75, 3.05) is 10.6 Å². The van der Waals surface area contributed by atoms with Crippen molar-refractivity contribution < 1.29 is 22.4 Å². The fraction of sp³-hybridized carbons (Fsp3) is 0.0556. The molecule has 166 valence electrons. The molecule has 1 amide bonds. The summed E-state index contributed by atoms with van der Waals surface area (Å²) in [7, 11) is 0. The van der Waals surface area contributed by atoms with Crippen molar-refractivity contribution in [2.24, 2.45) is 0 Å². The molecule has 8 nitrogen and oxygen atoms in total. The number of aromatic nitrogens is 4. The van der Waals surface area contributed by atoms with Gasteiger partial charge in [-0.15, -0.1) is 4.80 Å². The number of hydrogen-bond acceptors (Lipinski definition) is 6. The predicted molar refractivity (Wildman–Crippen MR) is 110 cm³/mol. The van der Waals surface area contributed by atoms with Crippen molar-refractivity contribution in [3.05, 3.63) is 70.0 Å². The molecule has 32 heavy (non-hydrogen) atoms. The van der Waals surface area contributed by atoms with Crippen molar-refractivity contribution >= 4 is 46.7 Å². The largest absolute Gasteiger partial charge is 0.432 e. The SMILES string of the molecule is N=C/C(C(=O)Nc1cnc(-n2nccn2)c(Cl)c1)=C(\Nc1cc(F)ccc1Cl)C(F)(F)F. The Hall–Kier alpha value is -3.51. The van der Waals surface area contributed by atoms with Crippen LogP contribution in [0.1, 0.15) is 0 Å². The quantitative estimate of drug-likeness (QED) is 0.267. The number of allylic oxidation sites excluding steroid dienone is 1. The third kappa shape index (κ3) is 5.21. The maximum Gasteiger partial charge on any atom is 0.432 e. The number of rotatable bonds is 6. The first-order chi connectivity index (χ1) is 15.1. The lowest BCUT2D eigenvalue weighted by Gasteiger charge is -2.18. The van der Waals surface area contributed by atoms with Crippen LogP contribution < -0.4 is 10.6 Å². The average Bonchev–Trinajstić information content (AvgIpc) is 3.24. The van der Waals surface area contributed by atoms with E-state index in [1.165, 1.54) is 18.5 Å². The number of hydrogen-bond donors (Lipinski definition) is 3. The molecule has 14 heteroatoms. The highest BCUT2D eigenvalue weighted by molar-refractivity contribution is 6.33. The second-order valence-corrected chi connectivity index (χ2v) is 6.80. The normalized spacial score (nSPS) is 12.2. The minimum Gasteiger partial charge on any atom is -0.350 e. The van der Waals surface area contributed by atoms with Gasteiger partial charge in [0.2, 0.25) is 0 Å². The molecule has 0 saturated heterocycles. The molecule has 2 heterocycles. The molecular weight excluding hydrogens is 477 g/mol. The van der Waals surface area contributed by atoms with Crippen LogP contribution in [-0.2, 0) is 4.79 Å². The summed E-state index contributed by atoms with van der Waals surface area (Å²) in [6.45, 7) is 0. The summed E-state index contributed by atoms with van der Waals surface area (Å²) in [4.78, 5) is 17.6. The van der Waals surface area contributed by atoms with E-state index in [-0.39, 0.29) is 27.8 Å². The maximum absolute atomic E-state index is 13.7. The molecule has 0 radical (unpaired) electrons. The third-order valence-corrected chi connectivity index (χ3v) is 4.43. The Labute approximate surface area is 187 Å². The van der Waals surface area contributed by atoms with Crippen molar-refractivity contribution in [3.63, 3.8) is 0 Å². The summed E-state index contributed by atoms with van der Waals surface area (Å²) in [6.07, 6.45) is -1.02. The van der Waals surface area contributed by atoms with E-state index in [0.717, 1.165) is 29.2 Å². The predicted octanol–water partition coefficient (Wildman–Crippen LogP) is 4.62. The number of nitrogens with zero attached hydrogens (tertiary/aromatic N) is 4. The van der Waals surface area contributed by atoms with Crippen molar-refractivity contribution in [3.8, 4) is 5.82 Å². The van der Waals surface area contributed by atoms with Gasteiger partial charge in [-0.2, -0.15) is 23.4 Å². The fourth-order valence-electron chi connectivity index (χ4n) is 2.44. The van der Waals surface area contributed by atoms with Crippen LogP contribution >= 0.6 is 23.2 Å². The number of carbonyl (C=O) groups is 1.